The number of anilines is 1. The molecular weight excluding hydrogens is 410 g/mol. The van der Waals surface area contributed by atoms with Crippen molar-refractivity contribution >= 4 is 27.8 Å². The van der Waals surface area contributed by atoms with E-state index in [0.29, 0.717) is 11.9 Å². The smallest absolute Gasteiger partial charge is 0.146 e. The largest absolute Gasteiger partial charge is 0.383 e. The summed E-state index contributed by atoms with van der Waals surface area (Å²) in [7, 11) is 2.11. The van der Waals surface area contributed by atoms with E-state index in [1.54, 1.807) is 6.33 Å². The Labute approximate surface area is 193 Å². The van der Waals surface area contributed by atoms with E-state index in [1.165, 1.54) is 0 Å². The molecule has 1 saturated heterocycles. The van der Waals surface area contributed by atoms with E-state index < -0.39 is 0 Å². The summed E-state index contributed by atoms with van der Waals surface area (Å²) in [6.07, 6.45) is 9.88. The maximum Gasteiger partial charge on any atom is 0.146 e. The summed E-state index contributed by atoms with van der Waals surface area (Å²) < 4.78 is 2.23. The molecular formula is C26H29N7. The second-order valence-electron chi connectivity index (χ2n) is 8.63. The number of allylic oxidation sites excluding steroid dienone is 1. The predicted octanol–water partition coefficient (Wildman–Crippen LogP) is 4.11. The molecule has 1 fully saturated rings. The van der Waals surface area contributed by atoms with Crippen molar-refractivity contribution in [1.29, 1.82) is 0 Å². The Hall–Kier alpha value is -3.71. The zero-order valence-corrected chi connectivity index (χ0v) is 19.1. The number of aromatic nitrogens is 4. The van der Waals surface area contributed by atoms with E-state index in [1.807, 2.05) is 24.4 Å². The van der Waals surface area contributed by atoms with Gasteiger partial charge in [-0.3, -0.25) is 4.98 Å². The summed E-state index contributed by atoms with van der Waals surface area (Å²) >= 11 is 0. The van der Waals surface area contributed by atoms with Crippen LogP contribution in [-0.4, -0.2) is 62.5 Å². The molecule has 7 nitrogen and oxygen atoms in total. The Balaban J connectivity index is 1.42. The van der Waals surface area contributed by atoms with E-state index in [2.05, 4.69) is 80.4 Å². The first-order valence-corrected chi connectivity index (χ1v) is 11.3. The summed E-state index contributed by atoms with van der Waals surface area (Å²) in [6.45, 7) is 10.1. The highest BCUT2D eigenvalue weighted by atomic mass is 15.3. The quantitative estimate of drug-likeness (QED) is 0.437. The number of nitrogens with two attached hydrogens (primary N) is 1. The van der Waals surface area contributed by atoms with Gasteiger partial charge in [-0.1, -0.05) is 37.8 Å². The van der Waals surface area contributed by atoms with E-state index >= 15 is 0 Å². The first-order valence-electron chi connectivity index (χ1n) is 11.3. The number of rotatable bonds is 7. The van der Waals surface area contributed by atoms with Crippen molar-refractivity contribution in [2.45, 2.75) is 13.0 Å². The maximum absolute atomic E-state index is 6.32. The molecule has 1 aliphatic heterocycles. The number of likely N-dealkylation sites (tertiary alicyclic amines) is 1. The fourth-order valence-electron chi connectivity index (χ4n) is 4.29. The molecule has 0 unspecified atom stereocenters. The molecule has 168 valence electrons. The minimum absolute atomic E-state index is 0.299. The molecule has 0 saturated carbocycles. The number of hydrogen-bond acceptors (Lipinski definition) is 6. The molecule has 5 rings (SSSR count). The molecule has 33 heavy (non-hydrogen) atoms. The fourth-order valence-corrected chi connectivity index (χ4v) is 4.29. The Morgan fingerprint density at radius 3 is 2.88 bits per heavy atom. The molecule has 1 aromatic carbocycles. The third kappa shape index (κ3) is 3.96. The summed E-state index contributed by atoms with van der Waals surface area (Å²) in [6, 6.07) is 10.6. The molecule has 0 radical (unpaired) electrons. The third-order valence-electron chi connectivity index (χ3n) is 6.47. The second kappa shape index (κ2) is 8.67. The van der Waals surface area contributed by atoms with Gasteiger partial charge in [-0.25, -0.2) is 9.97 Å². The van der Waals surface area contributed by atoms with Gasteiger partial charge in [0.25, 0.3) is 0 Å². The van der Waals surface area contributed by atoms with Crippen LogP contribution in [0.2, 0.25) is 0 Å². The summed E-state index contributed by atoms with van der Waals surface area (Å²) in [4.78, 5) is 18.0. The first kappa shape index (κ1) is 21.2. The molecule has 4 aromatic rings. The zero-order chi connectivity index (χ0) is 22.9. The molecule has 0 spiro atoms. The van der Waals surface area contributed by atoms with Gasteiger partial charge in [0.2, 0.25) is 0 Å². The monoisotopic (exact) mass is 439 g/mol. The van der Waals surface area contributed by atoms with Gasteiger partial charge in [-0.15, -0.1) is 0 Å². The molecule has 0 amide bonds. The number of nitrogens with zero attached hydrogens (tertiary/aromatic N) is 6. The van der Waals surface area contributed by atoms with Crippen LogP contribution >= 0.6 is 0 Å². The average Bonchev–Trinajstić information content (AvgIpc) is 3.18. The number of nitrogen functional groups attached to an aromatic ring is 1. The molecule has 1 aliphatic rings. The van der Waals surface area contributed by atoms with Crippen molar-refractivity contribution in [3.63, 3.8) is 0 Å². The molecule has 0 atom stereocenters. The van der Waals surface area contributed by atoms with Gasteiger partial charge in [0, 0.05) is 54.2 Å². The molecule has 0 bridgehead atoms. The summed E-state index contributed by atoms with van der Waals surface area (Å²) in [5, 5.41) is 1.98. The molecule has 4 heterocycles. The van der Waals surface area contributed by atoms with Crippen LogP contribution in [0.1, 0.15) is 13.0 Å². The number of hydrogen-bond donors (Lipinski definition) is 1. The topological polar surface area (TPSA) is 76.1 Å². The van der Waals surface area contributed by atoms with Gasteiger partial charge < -0.3 is 20.1 Å². The lowest BCUT2D eigenvalue weighted by molar-refractivity contribution is 0.158. The van der Waals surface area contributed by atoms with Crippen LogP contribution in [0.15, 0.2) is 73.5 Å². The highest BCUT2D eigenvalue weighted by Gasteiger charge is 2.31. The normalized spacial score (nSPS) is 14.6. The van der Waals surface area contributed by atoms with Gasteiger partial charge in [0.15, 0.2) is 0 Å². The van der Waals surface area contributed by atoms with E-state index in [9.17, 15) is 0 Å². The van der Waals surface area contributed by atoms with Gasteiger partial charge in [0.1, 0.15) is 17.8 Å². The lowest BCUT2D eigenvalue weighted by Crippen LogP contribution is -2.46. The Bertz CT molecular complexity index is 1350. The SMILES string of the molecule is C=C(/C=C/CN(C)CC)N1CC(n2cc(-c3cnc4ccccc4c3)c3c(N)ncnc32)C1. The van der Waals surface area contributed by atoms with Gasteiger partial charge >= 0.3 is 0 Å². The van der Waals surface area contributed by atoms with Crippen LogP contribution in [0.4, 0.5) is 5.82 Å². The second-order valence-corrected chi connectivity index (χ2v) is 8.63. The average molecular weight is 440 g/mol. The Morgan fingerprint density at radius 2 is 2.06 bits per heavy atom. The zero-order valence-electron chi connectivity index (χ0n) is 19.1. The third-order valence-corrected chi connectivity index (χ3v) is 6.47. The minimum atomic E-state index is 0.299. The van der Waals surface area contributed by atoms with Crippen molar-refractivity contribution in [1.82, 2.24) is 29.3 Å². The number of para-hydroxylation sites is 1. The van der Waals surface area contributed by atoms with Crippen molar-refractivity contribution in [2.75, 3.05) is 39.0 Å². The number of pyridine rings is 1. The molecule has 0 aliphatic carbocycles. The molecule has 7 heteroatoms. The van der Waals surface area contributed by atoms with Crippen LogP contribution in [0.5, 0.6) is 0 Å². The van der Waals surface area contributed by atoms with E-state index in [-0.39, 0.29) is 0 Å². The lowest BCUT2D eigenvalue weighted by Gasteiger charge is -2.42. The van der Waals surface area contributed by atoms with E-state index in [4.69, 9.17) is 5.73 Å². The lowest BCUT2D eigenvalue weighted by atomic mass is 10.1. The standard InChI is InChI=1S/C26H29N7/c1-4-31(3)11-7-8-18(2)32-14-21(15-32)33-16-22(24-25(27)29-17-30-26(24)33)20-12-19-9-5-6-10-23(19)28-13-20/h5-10,12-13,16-17,21H,2,4,11,14-15H2,1,3H3,(H2,27,29,30)/b8-7+. The van der Waals surface area contributed by atoms with Gasteiger partial charge in [-0.05, 0) is 31.8 Å². The highest BCUT2D eigenvalue weighted by Crippen LogP contribution is 2.37. The molecule has 3 aromatic heterocycles. The minimum Gasteiger partial charge on any atom is -0.383 e. The number of likely N-dealkylation sites (N-methyl/N-ethyl adjacent to an activating group) is 1. The van der Waals surface area contributed by atoms with Crippen LogP contribution in [0, 0.1) is 0 Å². The van der Waals surface area contributed by atoms with Gasteiger partial charge in [-0.2, -0.15) is 0 Å². The Kier molecular flexibility index (Phi) is 5.56. The number of benzene rings is 1. The van der Waals surface area contributed by atoms with Crippen LogP contribution < -0.4 is 5.73 Å². The maximum atomic E-state index is 6.32. The van der Waals surface area contributed by atoms with Crippen molar-refractivity contribution < 1.29 is 0 Å². The van der Waals surface area contributed by atoms with Gasteiger partial charge in [0.05, 0.1) is 16.9 Å². The van der Waals surface area contributed by atoms with Crippen molar-refractivity contribution in [3.05, 3.63) is 73.5 Å². The highest BCUT2D eigenvalue weighted by molar-refractivity contribution is 6.01. The molecule has 2 N–H and O–H groups in total. The Morgan fingerprint density at radius 1 is 1.24 bits per heavy atom. The number of fused-ring (bicyclic) bond motifs is 2. The fraction of sp³-hybridized carbons (Fsp3) is 0.269. The first-order chi connectivity index (χ1) is 16.0. The predicted molar refractivity (Wildman–Crippen MR) is 135 cm³/mol. The van der Waals surface area contributed by atoms with Crippen molar-refractivity contribution in [2.24, 2.45) is 0 Å². The van der Waals surface area contributed by atoms with Crippen LogP contribution in [-0.2, 0) is 0 Å². The summed E-state index contributed by atoms with van der Waals surface area (Å²) in [5.41, 5.74) is 11.2. The van der Waals surface area contributed by atoms with Crippen molar-refractivity contribution in [3.8, 4) is 11.1 Å². The van der Waals surface area contributed by atoms with Crippen LogP contribution in [0.3, 0.4) is 0 Å². The van der Waals surface area contributed by atoms with E-state index in [0.717, 1.165) is 64.9 Å². The van der Waals surface area contributed by atoms with Crippen LogP contribution in [0.25, 0.3) is 33.1 Å². The summed E-state index contributed by atoms with van der Waals surface area (Å²) in [5.74, 6) is 0.491.